The van der Waals surface area contributed by atoms with Gasteiger partial charge in [-0.2, -0.15) is 0 Å². The van der Waals surface area contributed by atoms with Gasteiger partial charge in [0.1, 0.15) is 6.10 Å². The molecule has 2 amide bonds. The summed E-state index contributed by atoms with van der Waals surface area (Å²) < 4.78 is 6.23. The van der Waals surface area contributed by atoms with Gasteiger partial charge in [0.25, 0.3) is 5.91 Å². The Labute approximate surface area is 229 Å². The third kappa shape index (κ3) is 9.46. The summed E-state index contributed by atoms with van der Waals surface area (Å²) in [5.74, 6) is -0.230. The highest BCUT2D eigenvalue weighted by atomic mass is 16.5. The van der Waals surface area contributed by atoms with Crippen LogP contribution in [0.3, 0.4) is 0 Å². The minimum Gasteiger partial charge on any atom is -0.367 e. The van der Waals surface area contributed by atoms with Crippen LogP contribution in [-0.4, -0.2) is 31.1 Å². The molecule has 1 aliphatic rings. The molecule has 2 N–H and O–H groups in total. The monoisotopic (exact) mass is 521 g/mol. The predicted octanol–water partition coefficient (Wildman–Crippen LogP) is 7.19. The van der Waals surface area contributed by atoms with E-state index in [9.17, 15) is 9.59 Å². The first-order valence-electron chi connectivity index (χ1n) is 14.5. The Morgan fingerprint density at radius 1 is 0.974 bits per heavy atom. The van der Waals surface area contributed by atoms with Gasteiger partial charge in [0.2, 0.25) is 5.91 Å². The zero-order valence-corrected chi connectivity index (χ0v) is 23.6. The quantitative estimate of drug-likeness (QED) is 0.216. The van der Waals surface area contributed by atoms with E-state index in [2.05, 4.69) is 17.7 Å². The maximum absolute atomic E-state index is 13.2. The third-order valence-corrected chi connectivity index (χ3v) is 7.36. The zero-order valence-electron chi connectivity index (χ0n) is 23.6. The number of nitrogens with one attached hydrogen (secondary N) is 2. The lowest BCUT2D eigenvalue weighted by molar-refractivity contribution is -0.137. The van der Waals surface area contributed by atoms with E-state index in [0.29, 0.717) is 13.0 Å². The molecule has 3 rings (SSSR count). The molecule has 1 fully saturated rings. The lowest BCUT2D eigenvalue weighted by atomic mass is 9.92. The van der Waals surface area contributed by atoms with Crippen molar-refractivity contribution in [2.45, 2.75) is 97.5 Å². The first-order chi connectivity index (χ1) is 18.4. The molecule has 38 heavy (non-hydrogen) atoms. The van der Waals surface area contributed by atoms with Crippen molar-refractivity contribution in [3.63, 3.8) is 0 Å². The molecule has 6 heteroatoms. The van der Waals surface area contributed by atoms with Crippen LogP contribution in [-0.2, 0) is 14.3 Å². The SMILES string of the molecule is CCCCCCCCCCCCC(OCC1(C)CN(c2ccccc2)NC1=O)C(=O)Nc1cccc(C)c1. The van der Waals surface area contributed by atoms with E-state index in [0.717, 1.165) is 29.8 Å². The van der Waals surface area contributed by atoms with Crippen molar-refractivity contribution in [1.29, 1.82) is 0 Å². The van der Waals surface area contributed by atoms with Crippen LogP contribution in [0.1, 0.15) is 90.0 Å². The van der Waals surface area contributed by atoms with Gasteiger partial charge in [-0.3, -0.25) is 20.0 Å². The minimum absolute atomic E-state index is 0.0851. The molecule has 208 valence electrons. The van der Waals surface area contributed by atoms with Crippen molar-refractivity contribution in [1.82, 2.24) is 5.43 Å². The molecule has 2 aromatic rings. The molecule has 0 aromatic heterocycles. The highest BCUT2D eigenvalue weighted by molar-refractivity contribution is 5.94. The molecule has 1 heterocycles. The van der Waals surface area contributed by atoms with Crippen LogP contribution in [0.4, 0.5) is 11.4 Å². The standard InChI is InChI=1S/C32H47N3O3/c1-4-5-6-7-8-9-10-11-12-16-22-29(30(36)33-27-19-17-18-26(2)23-27)38-25-32(3)24-35(34-31(32)37)28-20-14-13-15-21-28/h13-15,17-21,23,29H,4-12,16,22,24-25H2,1-3H3,(H,33,36)(H,34,37). The van der Waals surface area contributed by atoms with Gasteiger partial charge in [0, 0.05) is 5.69 Å². The number of hydrazine groups is 1. The molecule has 1 aliphatic heterocycles. The Morgan fingerprint density at radius 3 is 2.29 bits per heavy atom. The number of carbonyl (C=O) groups excluding carboxylic acids is 2. The smallest absolute Gasteiger partial charge is 0.253 e. The molecule has 2 unspecified atom stereocenters. The number of anilines is 2. The largest absolute Gasteiger partial charge is 0.367 e. The van der Waals surface area contributed by atoms with Crippen LogP contribution >= 0.6 is 0 Å². The zero-order chi connectivity index (χ0) is 27.2. The molecule has 0 aliphatic carbocycles. The number of rotatable bonds is 17. The van der Waals surface area contributed by atoms with Crippen LogP contribution in [0.15, 0.2) is 54.6 Å². The van der Waals surface area contributed by atoms with Gasteiger partial charge in [-0.25, -0.2) is 0 Å². The van der Waals surface area contributed by atoms with Crippen molar-refractivity contribution in [3.05, 3.63) is 60.2 Å². The molecular formula is C32H47N3O3. The maximum Gasteiger partial charge on any atom is 0.253 e. The predicted molar refractivity (Wildman–Crippen MR) is 156 cm³/mol. The molecule has 1 saturated heterocycles. The Morgan fingerprint density at radius 2 is 1.63 bits per heavy atom. The number of carbonyl (C=O) groups is 2. The van der Waals surface area contributed by atoms with Crippen LogP contribution in [0, 0.1) is 12.3 Å². The molecule has 2 aromatic carbocycles. The first-order valence-corrected chi connectivity index (χ1v) is 14.5. The van der Waals surface area contributed by atoms with E-state index in [1.165, 1.54) is 51.4 Å². The van der Waals surface area contributed by atoms with Crippen LogP contribution in [0.5, 0.6) is 0 Å². The molecular weight excluding hydrogens is 474 g/mol. The van der Waals surface area contributed by atoms with Crippen LogP contribution in [0.2, 0.25) is 0 Å². The van der Waals surface area contributed by atoms with Crippen molar-refractivity contribution in [3.8, 4) is 0 Å². The Bertz CT molecular complexity index is 996. The van der Waals surface area contributed by atoms with E-state index in [1.54, 1.807) is 0 Å². The highest BCUT2D eigenvalue weighted by Crippen LogP contribution is 2.29. The van der Waals surface area contributed by atoms with Gasteiger partial charge in [0.15, 0.2) is 0 Å². The van der Waals surface area contributed by atoms with E-state index < -0.39 is 11.5 Å². The number of aryl methyl sites for hydroxylation is 1. The van der Waals surface area contributed by atoms with Gasteiger partial charge in [-0.05, 0) is 50.1 Å². The summed E-state index contributed by atoms with van der Waals surface area (Å²) in [6, 6.07) is 17.6. The average molecular weight is 522 g/mol. The second-order valence-corrected chi connectivity index (χ2v) is 11.1. The summed E-state index contributed by atoms with van der Waals surface area (Å²) in [6.07, 6.45) is 12.5. The summed E-state index contributed by atoms with van der Waals surface area (Å²) in [5.41, 5.74) is 5.01. The summed E-state index contributed by atoms with van der Waals surface area (Å²) in [7, 11) is 0. The maximum atomic E-state index is 13.2. The van der Waals surface area contributed by atoms with Gasteiger partial charge in [-0.1, -0.05) is 101 Å². The van der Waals surface area contributed by atoms with Crippen molar-refractivity contribution in [2.24, 2.45) is 5.41 Å². The molecule has 6 nitrogen and oxygen atoms in total. The molecule has 0 bridgehead atoms. The number of hydrogen-bond acceptors (Lipinski definition) is 4. The van der Waals surface area contributed by atoms with E-state index >= 15 is 0 Å². The van der Waals surface area contributed by atoms with E-state index in [-0.39, 0.29) is 18.4 Å². The summed E-state index contributed by atoms with van der Waals surface area (Å²) in [5, 5.41) is 4.88. The van der Waals surface area contributed by atoms with Gasteiger partial charge in [-0.15, -0.1) is 0 Å². The molecule has 0 radical (unpaired) electrons. The lowest BCUT2D eigenvalue weighted by Gasteiger charge is -2.25. The van der Waals surface area contributed by atoms with Gasteiger partial charge >= 0.3 is 0 Å². The van der Waals surface area contributed by atoms with Gasteiger partial charge < -0.3 is 10.1 Å². The summed E-state index contributed by atoms with van der Waals surface area (Å²) >= 11 is 0. The van der Waals surface area contributed by atoms with E-state index in [1.807, 2.05) is 73.5 Å². The minimum atomic E-state index is -0.741. The molecule has 0 spiro atoms. The first kappa shape index (κ1) is 29.7. The Hall–Kier alpha value is -2.86. The third-order valence-electron chi connectivity index (χ3n) is 7.36. The van der Waals surface area contributed by atoms with Crippen LogP contribution < -0.4 is 15.8 Å². The van der Waals surface area contributed by atoms with Crippen molar-refractivity contribution < 1.29 is 14.3 Å². The van der Waals surface area contributed by atoms with Crippen LogP contribution in [0.25, 0.3) is 0 Å². The number of benzene rings is 2. The number of hydrogen-bond donors (Lipinski definition) is 2. The Kier molecular flexibility index (Phi) is 12.1. The normalized spacial score (nSPS) is 17.9. The average Bonchev–Trinajstić information content (AvgIpc) is 3.21. The number of amides is 2. The number of para-hydroxylation sites is 1. The highest BCUT2D eigenvalue weighted by Gasteiger charge is 2.43. The van der Waals surface area contributed by atoms with E-state index in [4.69, 9.17) is 4.74 Å². The fourth-order valence-electron chi connectivity index (χ4n) is 4.93. The Balaban J connectivity index is 1.52. The fourth-order valence-corrected chi connectivity index (χ4v) is 4.93. The summed E-state index contributed by atoms with van der Waals surface area (Å²) in [6.45, 7) is 6.83. The number of nitrogens with zero attached hydrogens (tertiary/aromatic N) is 1. The molecule has 0 saturated carbocycles. The fraction of sp³-hybridized carbons (Fsp3) is 0.562. The molecule has 2 atom stereocenters. The number of unbranched alkanes of at least 4 members (excludes halogenated alkanes) is 9. The topological polar surface area (TPSA) is 70.7 Å². The van der Waals surface area contributed by atoms with Gasteiger partial charge in [0.05, 0.1) is 24.3 Å². The lowest BCUT2D eigenvalue weighted by Crippen LogP contribution is -2.39. The number of ether oxygens (including phenoxy) is 1. The second kappa shape index (κ2) is 15.5. The van der Waals surface area contributed by atoms with Crippen molar-refractivity contribution >= 4 is 23.2 Å². The van der Waals surface area contributed by atoms with Crippen molar-refractivity contribution in [2.75, 3.05) is 23.5 Å². The second-order valence-electron chi connectivity index (χ2n) is 11.1. The summed E-state index contributed by atoms with van der Waals surface area (Å²) in [4.78, 5) is 26.1.